The van der Waals surface area contributed by atoms with Gasteiger partial charge in [-0.2, -0.15) is 4.98 Å². The van der Waals surface area contributed by atoms with Gasteiger partial charge in [0, 0.05) is 12.6 Å². The quantitative estimate of drug-likeness (QED) is 0.662. The number of aromatic nitrogens is 1. The van der Waals surface area contributed by atoms with Gasteiger partial charge in [0.15, 0.2) is 0 Å². The first-order valence-electron chi connectivity index (χ1n) is 6.34. The maximum Gasteiger partial charge on any atom is 0.331 e. The van der Waals surface area contributed by atoms with E-state index in [1.807, 2.05) is 19.9 Å². The van der Waals surface area contributed by atoms with Crippen molar-refractivity contribution in [2.24, 2.45) is 0 Å². The molecule has 0 aliphatic heterocycles. The Hall–Kier alpha value is -2.34. The molecule has 1 aromatic carbocycles. The molecule has 2 rings (SSSR count). The van der Waals surface area contributed by atoms with E-state index in [1.165, 1.54) is 12.1 Å². The Morgan fingerprint density at radius 1 is 1.38 bits per heavy atom. The van der Waals surface area contributed by atoms with Crippen molar-refractivity contribution in [3.63, 3.8) is 0 Å². The number of benzene rings is 1. The third kappa shape index (κ3) is 3.61. The van der Waals surface area contributed by atoms with Crippen molar-refractivity contribution in [2.75, 3.05) is 11.9 Å². The summed E-state index contributed by atoms with van der Waals surface area (Å²) in [7, 11) is 0. The van der Waals surface area contributed by atoms with E-state index in [9.17, 15) is 10.1 Å². The normalized spacial score (nSPS) is 10.2. The van der Waals surface area contributed by atoms with Crippen molar-refractivity contribution in [1.82, 2.24) is 4.98 Å². The van der Waals surface area contributed by atoms with E-state index in [1.54, 1.807) is 12.1 Å². The molecule has 0 aliphatic carbocycles. The van der Waals surface area contributed by atoms with E-state index in [0.29, 0.717) is 23.1 Å². The van der Waals surface area contributed by atoms with Gasteiger partial charge in [-0.25, -0.2) is 0 Å². The van der Waals surface area contributed by atoms with Crippen LogP contribution in [-0.2, 0) is 0 Å². The standard InChI is InChI=1S/C14H14ClN3O3/c1-3-16-13-7-6-11(18(19)20)14(17-13)21-12-8-9(2)4-5-10(12)15/h4-8H,3H2,1-2H3,(H,16,17). The van der Waals surface area contributed by atoms with Crippen LogP contribution < -0.4 is 10.1 Å². The van der Waals surface area contributed by atoms with Gasteiger partial charge in [0.25, 0.3) is 0 Å². The van der Waals surface area contributed by atoms with Crippen molar-refractivity contribution in [3.8, 4) is 11.6 Å². The molecule has 7 heteroatoms. The minimum Gasteiger partial charge on any atom is -0.432 e. The second-order valence-corrected chi connectivity index (χ2v) is 4.75. The Kier molecular flexibility index (Phi) is 4.59. The van der Waals surface area contributed by atoms with Crippen LogP contribution in [0.3, 0.4) is 0 Å². The van der Waals surface area contributed by atoms with E-state index in [2.05, 4.69) is 10.3 Å². The van der Waals surface area contributed by atoms with Crippen LogP contribution in [0.4, 0.5) is 11.5 Å². The lowest BCUT2D eigenvalue weighted by Gasteiger charge is -2.09. The first kappa shape index (κ1) is 15.1. The molecule has 1 N–H and O–H groups in total. The lowest BCUT2D eigenvalue weighted by molar-refractivity contribution is -0.386. The molecular weight excluding hydrogens is 294 g/mol. The monoisotopic (exact) mass is 307 g/mol. The summed E-state index contributed by atoms with van der Waals surface area (Å²) in [5.41, 5.74) is 0.717. The number of hydrogen-bond acceptors (Lipinski definition) is 5. The molecule has 0 saturated heterocycles. The number of anilines is 1. The summed E-state index contributed by atoms with van der Waals surface area (Å²) in [4.78, 5) is 14.6. The Labute approximate surface area is 126 Å². The highest BCUT2D eigenvalue weighted by atomic mass is 35.5. The number of pyridine rings is 1. The minimum absolute atomic E-state index is 0.0917. The number of hydrogen-bond donors (Lipinski definition) is 1. The van der Waals surface area contributed by atoms with Crippen LogP contribution in [0, 0.1) is 17.0 Å². The van der Waals surface area contributed by atoms with Crippen LogP contribution in [0.5, 0.6) is 11.6 Å². The molecular formula is C14H14ClN3O3. The first-order chi connectivity index (χ1) is 10.0. The zero-order valence-electron chi connectivity index (χ0n) is 11.6. The van der Waals surface area contributed by atoms with Crippen LogP contribution in [0.15, 0.2) is 30.3 Å². The molecule has 0 spiro atoms. The Morgan fingerprint density at radius 3 is 2.81 bits per heavy atom. The van der Waals surface area contributed by atoms with Gasteiger partial charge in [-0.05, 0) is 37.6 Å². The molecule has 0 aliphatic rings. The zero-order chi connectivity index (χ0) is 15.4. The summed E-state index contributed by atoms with van der Waals surface area (Å²) >= 11 is 6.04. The average Bonchev–Trinajstić information content (AvgIpc) is 2.43. The highest BCUT2D eigenvalue weighted by Crippen LogP contribution is 2.34. The predicted molar refractivity (Wildman–Crippen MR) is 81.3 cm³/mol. The summed E-state index contributed by atoms with van der Waals surface area (Å²) in [6.07, 6.45) is 0. The van der Waals surface area contributed by atoms with E-state index in [-0.39, 0.29) is 11.6 Å². The van der Waals surface area contributed by atoms with Gasteiger partial charge in [0.05, 0.1) is 9.95 Å². The second kappa shape index (κ2) is 6.41. The van der Waals surface area contributed by atoms with Gasteiger partial charge in [-0.15, -0.1) is 0 Å². The Balaban J connectivity index is 2.43. The van der Waals surface area contributed by atoms with Crippen molar-refractivity contribution in [1.29, 1.82) is 0 Å². The van der Waals surface area contributed by atoms with Crippen molar-refractivity contribution in [2.45, 2.75) is 13.8 Å². The molecule has 21 heavy (non-hydrogen) atoms. The fraction of sp³-hybridized carbons (Fsp3) is 0.214. The van der Waals surface area contributed by atoms with Gasteiger partial charge in [-0.3, -0.25) is 10.1 Å². The third-order valence-corrected chi connectivity index (χ3v) is 3.00. The van der Waals surface area contributed by atoms with Gasteiger partial charge in [0.1, 0.15) is 11.6 Å². The third-order valence-electron chi connectivity index (χ3n) is 2.69. The molecule has 110 valence electrons. The summed E-state index contributed by atoms with van der Waals surface area (Å²) in [5, 5.41) is 14.4. The maximum absolute atomic E-state index is 11.1. The Morgan fingerprint density at radius 2 is 2.14 bits per heavy atom. The number of rotatable bonds is 5. The SMILES string of the molecule is CCNc1ccc([N+](=O)[O-])c(Oc2cc(C)ccc2Cl)n1. The molecule has 0 saturated carbocycles. The Bertz CT molecular complexity index is 677. The highest BCUT2D eigenvalue weighted by Gasteiger charge is 2.19. The number of nitro groups is 1. The van der Waals surface area contributed by atoms with E-state index in [4.69, 9.17) is 16.3 Å². The van der Waals surface area contributed by atoms with E-state index in [0.717, 1.165) is 5.56 Å². The molecule has 1 heterocycles. The van der Waals surface area contributed by atoms with Gasteiger partial charge in [-0.1, -0.05) is 17.7 Å². The summed E-state index contributed by atoms with van der Waals surface area (Å²) < 4.78 is 5.54. The number of halogens is 1. The number of nitrogens with zero attached hydrogens (tertiary/aromatic N) is 2. The molecule has 0 atom stereocenters. The average molecular weight is 308 g/mol. The summed E-state index contributed by atoms with van der Waals surface area (Å²) in [6, 6.07) is 8.09. The molecule has 2 aromatic rings. The number of ether oxygens (including phenoxy) is 1. The summed E-state index contributed by atoms with van der Waals surface area (Å²) in [6.45, 7) is 4.43. The van der Waals surface area contributed by atoms with Crippen molar-refractivity contribution < 1.29 is 9.66 Å². The van der Waals surface area contributed by atoms with Gasteiger partial charge < -0.3 is 10.1 Å². The van der Waals surface area contributed by atoms with Crippen LogP contribution in [0.25, 0.3) is 0 Å². The molecule has 0 radical (unpaired) electrons. The molecule has 6 nitrogen and oxygen atoms in total. The first-order valence-corrected chi connectivity index (χ1v) is 6.72. The fourth-order valence-corrected chi connectivity index (χ4v) is 1.88. The van der Waals surface area contributed by atoms with Crippen LogP contribution in [0.2, 0.25) is 5.02 Å². The molecule has 0 fully saturated rings. The van der Waals surface area contributed by atoms with Crippen molar-refractivity contribution in [3.05, 3.63) is 51.0 Å². The zero-order valence-corrected chi connectivity index (χ0v) is 12.3. The molecule has 0 bridgehead atoms. The predicted octanol–water partition coefficient (Wildman–Crippen LogP) is 4.18. The molecule has 0 amide bonds. The van der Waals surface area contributed by atoms with Gasteiger partial charge in [0.2, 0.25) is 0 Å². The lowest BCUT2D eigenvalue weighted by atomic mass is 10.2. The topological polar surface area (TPSA) is 77.3 Å². The fourth-order valence-electron chi connectivity index (χ4n) is 1.72. The molecule has 0 unspecified atom stereocenters. The van der Waals surface area contributed by atoms with Gasteiger partial charge >= 0.3 is 11.6 Å². The van der Waals surface area contributed by atoms with E-state index < -0.39 is 4.92 Å². The van der Waals surface area contributed by atoms with Crippen LogP contribution >= 0.6 is 11.6 Å². The largest absolute Gasteiger partial charge is 0.432 e. The molecule has 1 aromatic heterocycles. The second-order valence-electron chi connectivity index (χ2n) is 4.34. The highest BCUT2D eigenvalue weighted by molar-refractivity contribution is 6.32. The summed E-state index contributed by atoms with van der Waals surface area (Å²) in [5.74, 6) is 0.744. The smallest absolute Gasteiger partial charge is 0.331 e. The number of aryl methyl sites for hydroxylation is 1. The lowest BCUT2D eigenvalue weighted by Crippen LogP contribution is -2.02. The van der Waals surface area contributed by atoms with Crippen LogP contribution in [-0.4, -0.2) is 16.5 Å². The van der Waals surface area contributed by atoms with Crippen molar-refractivity contribution >= 4 is 23.1 Å². The van der Waals surface area contributed by atoms with Crippen LogP contribution in [0.1, 0.15) is 12.5 Å². The van der Waals surface area contributed by atoms with E-state index >= 15 is 0 Å². The minimum atomic E-state index is -0.540. The number of nitrogens with one attached hydrogen (secondary N) is 1. The maximum atomic E-state index is 11.1.